The van der Waals surface area contributed by atoms with Crippen molar-refractivity contribution in [3.63, 3.8) is 0 Å². The first-order valence-electron chi connectivity index (χ1n) is 6.96. The minimum atomic E-state index is -0.490. The zero-order valence-corrected chi connectivity index (χ0v) is 12.6. The highest BCUT2D eigenvalue weighted by atomic mass is 19.1. The van der Waals surface area contributed by atoms with E-state index in [1.807, 2.05) is 27.7 Å². The fourth-order valence-corrected chi connectivity index (χ4v) is 2.26. The number of nitrogens with one attached hydrogen (secondary N) is 1. The van der Waals surface area contributed by atoms with Crippen LogP contribution in [-0.4, -0.2) is 28.3 Å². The van der Waals surface area contributed by atoms with Crippen molar-refractivity contribution in [1.82, 2.24) is 9.97 Å². The molecule has 6 heteroatoms. The number of rotatable bonds is 2. The number of aromatic amines is 1. The molecule has 21 heavy (non-hydrogen) atoms. The predicted octanol–water partition coefficient (Wildman–Crippen LogP) is 3.35. The van der Waals surface area contributed by atoms with E-state index in [4.69, 9.17) is 9.31 Å². The van der Waals surface area contributed by atoms with Crippen molar-refractivity contribution in [2.24, 2.45) is 0 Å². The summed E-state index contributed by atoms with van der Waals surface area (Å²) in [6.45, 7) is 7.92. The molecule has 0 atom stereocenters. The summed E-state index contributed by atoms with van der Waals surface area (Å²) < 4.78 is 26.0. The molecule has 3 heterocycles. The molecule has 1 N–H and O–H groups in total. The van der Waals surface area contributed by atoms with Crippen LogP contribution in [0.1, 0.15) is 33.3 Å². The molecule has 1 aliphatic rings. The fourth-order valence-electron chi connectivity index (χ4n) is 2.26. The number of H-pyrrole nitrogens is 1. The third-order valence-corrected chi connectivity index (χ3v) is 4.25. The lowest BCUT2D eigenvalue weighted by molar-refractivity contribution is 0.00578. The van der Waals surface area contributed by atoms with Gasteiger partial charge in [-0.25, -0.2) is 9.37 Å². The van der Waals surface area contributed by atoms with E-state index in [1.54, 1.807) is 24.3 Å². The summed E-state index contributed by atoms with van der Waals surface area (Å²) in [5.74, 6) is 1.42. The molecule has 0 spiro atoms. The third kappa shape index (κ3) is 2.38. The fraction of sp³-hybridized carbons (Fsp3) is 0.400. The molecule has 0 unspecified atom stereocenters. The average molecular weight is 288 g/mol. The van der Waals surface area contributed by atoms with Gasteiger partial charge in [0, 0.05) is 18.0 Å². The van der Waals surface area contributed by atoms with Crippen molar-refractivity contribution in [3.8, 4) is 0 Å². The summed E-state index contributed by atoms with van der Waals surface area (Å²) >= 11 is 0. The Kier molecular flexibility index (Phi) is 3.18. The van der Waals surface area contributed by atoms with E-state index in [2.05, 4.69) is 9.97 Å². The highest BCUT2D eigenvalue weighted by Gasteiger charge is 2.50. The Morgan fingerprint density at radius 3 is 2.57 bits per heavy atom. The van der Waals surface area contributed by atoms with Gasteiger partial charge < -0.3 is 14.3 Å². The maximum absolute atomic E-state index is 14.3. The molecule has 0 aromatic carbocycles. The first-order valence-corrected chi connectivity index (χ1v) is 6.96. The van der Waals surface area contributed by atoms with E-state index in [9.17, 15) is 4.39 Å². The van der Waals surface area contributed by atoms with Gasteiger partial charge in [-0.3, -0.25) is 0 Å². The summed E-state index contributed by atoms with van der Waals surface area (Å²) in [7, 11) is -0.490. The van der Waals surface area contributed by atoms with Crippen molar-refractivity contribution in [2.75, 3.05) is 0 Å². The van der Waals surface area contributed by atoms with Crippen LogP contribution in [0.4, 0.5) is 4.39 Å². The van der Waals surface area contributed by atoms with E-state index in [0.717, 1.165) is 0 Å². The van der Waals surface area contributed by atoms with Gasteiger partial charge in [0.1, 0.15) is 11.5 Å². The minimum absolute atomic E-state index is 0.297. The summed E-state index contributed by atoms with van der Waals surface area (Å²) in [6, 6.07) is 1.67. The highest BCUT2D eigenvalue weighted by Crippen LogP contribution is 2.37. The lowest BCUT2D eigenvalue weighted by Gasteiger charge is -2.32. The highest BCUT2D eigenvalue weighted by molar-refractivity contribution is 6.52. The minimum Gasteiger partial charge on any atom is -0.400 e. The first-order chi connectivity index (χ1) is 9.80. The summed E-state index contributed by atoms with van der Waals surface area (Å²) in [5, 5.41) is 0.478. The van der Waals surface area contributed by atoms with E-state index < -0.39 is 18.3 Å². The molecule has 3 rings (SSSR count). The Bertz CT molecular complexity index is 693. The van der Waals surface area contributed by atoms with E-state index in [-0.39, 0.29) is 5.82 Å². The molecular formula is C15H18BFN2O2. The Morgan fingerprint density at radius 2 is 1.90 bits per heavy atom. The molecule has 0 saturated carbocycles. The molecule has 0 amide bonds. The molecule has 1 saturated heterocycles. The molecule has 1 fully saturated rings. The topological polar surface area (TPSA) is 47.1 Å². The van der Waals surface area contributed by atoms with Crippen molar-refractivity contribution in [1.29, 1.82) is 0 Å². The zero-order valence-electron chi connectivity index (χ0n) is 12.6. The third-order valence-electron chi connectivity index (χ3n) is 4.25. The largest absolute Gasteiger partial charge is 0.487 e. The Balaban J connectivity index is 1.84. The number of halogens is 1. The Labute approximate surface area is 123 Å². The van der Waals surface area contributed by atoms with Crippen LogP contribution in [0.15, 0.2) is 24.4 Å². The van der Waals surface area contributed by atoms with Gasteiger partial charge in [-0.15, -0.1) is 0 Å². The second-order valence-electron chi connectivity index (χ2n) is 6.25. The monoisotopic (exact) mass is 288 g/mol. The zero-order chi connectivity index (χ0) is 15.3. The van der Waals surface area contributed by atoms with Crippen LogP contribution in [-0.2, 0) is 9.31 Å². The van der Waals surface area contributed by atoms with E-state index >= 15 is 0 Å². The smallest absolute Gasteiger partial charge is 0.400 e. The van der Waals surface area contributed by atoms with Gasteiger partial charge in [-0.1, -0.05) is 12.1 Å². The maximum Gasteiger partial charge on any atom is 0.487 e. The molecule has 1 aliphatic heterocycles. The van der Waals surface area contributed by atoms with Gasteiger partial charge in [0.15, 0.2) is 0 Å². The average Bonchev–Trinajstić information content (AvgIpc) is 2.92. The number of hydrogen-bond acceptors (Lipinski definition) is 3. The number of aromatic nitrogens is 2. The number of pyridine rings is 1. The molecule has 4 nitrogen and oxygen atoms in total. The molecule has 0 bridgehead atoms. The maximum atomic E-state index is 14.3. The predicted molar refractivity (Wildman–Crippen MR) is 81.2 cm³/mol. The quantitative estimate of drug-likeness (QED) is 0.862. The second-order valence-corrected chi connectivity index (χ2v) is 6.25. The molecule has 0 radical (unpaired) electrons. The summed E-state index contributed by atoms with van der Waals surface area (Å²) in [6.07, 6.45) is 4.81. The SMILES string of the molecule is CC1(C)OB(/C=C/c2cnc3[nH]ccc3c2F)OC1(C)C. The second kappa shape index (κ2) is 4.68. The normalized spacial score (nSPS) is 20.7. The van der Waals surface area contributed by atoms with Crippen LogP contribution in [0.3, 0.4) is 0 Å². The van der Waals surface area contributed by atoms with Crippen LogP contribution < -0.4 is 0 Å². The van der Waals surface area contributed by atoms with Crippen LogP contribution in [0.5, 0.6) is 0 Å². The molecule has 2 aromatic heterocycles. The number of fused-ring (bicyclic) bond motifs is 1. The number of nitrogens with zero attached hydrogens (tertiary/aromatic N) is 1. The molecule has 110 valence electrons. The van der Waals surface area contributed by atoms with Crippen molar-refractivity contribution >= 4 is 24.2 Å². The van der Waals surface area contributed by atoms with Crippen molar-refractivity contribution in [2.45, 2.75) is 38.9 Å². The lowest BCUT2D eigenvalue weighted by atomic mass is 9.89. The van der Waals surface area contributed by atoms with Gasteiger partial charge >= 0.3 is 7.12 Å². The van der Waals surface area contributed by atoms with Gasteiger partial charge in [-0.2, -0.15) is 0 Å². The van der Waals surface area contributed by atoms with E-state index in [1.165, 1.54) is 6.20 Å². The van der Waals surface area contributed by atoms with Gasteiger partial charge in [-0.05, 0) is 33.8 Å². The van der Waals surface area contributed by atoms with Gasteiger partial charge in [0.25, 0.3) is 0 Å². The Morgan fingerprint density at radius 1 is 1.24 bits per heavy atom. The van der Waals surface area contributed by atoms with Crippen LogP contribution >= 0.6 is 0 Å². The number of hydrogen-bond donors (Lipinski definition) is 1. The lowest BCUT2D eigenvalue weighted by Crippen LogP contribution is -2.41. The van der Waals surface area contributed by atoms with Crippen LogP contribution in [0.25, 0.3) is 17.1 Å². The standard InChI is InChI=1S/C15H18BFN2O2/c1-14(2)15(3,4)21-16(20-14)7-5-10-9-19-13-11(12(10)17)6-8-18-13/h5-9H,1-4H3,(H,18,19)/b7-5+. The van der Waals surface area contributed by atoms with Gasteiger partial charge in [0.05, 0.1) is 16.6 Å². The van der Waals surface area contributed by atoms with Crippen molar-refractivity contribution < 1.29 is 13.7 Å². The molecule has 0 aliphatic carbocycles. The molecule has 2 aromatic rings. The first kappa shape index (κ1) is 14.3. The Hall–Kier alpha value is -1.66. The van der Waals surface area contributed by atoms with Crippen LogP contribution in [0.2, 0.25) is 0 Å². The van der Waals surface area contributed by atoms with Gasteiger partial charge in [0.2, 0.25) is 0 Å². The summed E-state index contributed by atoms with van der Waals surface area (Å²) in [4.78, 5) is 7.06. The van der Waals surface area contributed by atoms with E-state index in [0.29, 0.717) is 16.6 Å². The summed E-state index contributed by atoms with van der Waals surface area (Å²) in [5.41, 5.74) is 0.157. The van der Waals surface area contributed by atoms with Crippen molar-refractivity contribution in [3.05, 3.63) is 35.8 Å². The molecular weight excluding hydrogens is 270 g/mol. The van der Waals surface area contributed by atoms with Crippen LogP contribution in [0, 0.1) is 5.82 Å².